The van der Waals surface area contributed by atoms with Gasteiger partial charge in [-0.1, -0.05) is 41.9 Å². The average molecular weight is 299 g/mol. The van der Waals surface area contributed by atoms with Crippen molar-refractivity contribution in [1.29, 1.82) is 0 Å². The smallest absolute Gasteiger partial charge is 0.100 e. The number of hydrogen-bond acceptors (Lipinski definition) is 2. The summed E-state index contributed by atoms with van der Waals surface area (Å²) < 4.78 is 1.76. The molecule has 1 atom stereocenters. The predicted octanol–water partition coefficient (Wildman–Crippen LogP) is 3.80. The SMILES string of the molecule is OC(Cc1cccc(Cl)c1)c1ccnn1-c1ccccc1. The molecule has 0 spiro atoms. The number of aliphatic hydroxyl groups excluding tert-OH is 1. The number of aliphatic hydroxyl groups is 1. The minimum Gasteiger partial charge on any atom is -0.386 e. The fourth-order valence-corrected chi connectivity index (χ4v) is 2.56. The van der Waals surface area contributed by atoms with E-state index in [0.29, 0.717) is 11.4 Å². The molecule has 1 aromatic heterocycles. The maximum Gasteiger partial charge on any atom is 0.100 e. The highest BCUT2D eigenvalue weighted by atomic mass is 35.5. The van der Waals surface area contributed by atoms with Gasteiger partial charge in [-0.15, -0.1) is 0 Å². The second-order valence-corrected chi connectivity index (χ2v) is 5.29. The molecule has 0 aliphatic carbocycles. The molecule has 0 aliphatic heterocycles. The Morgan fingerprint density at radius 1 is 1.05 bits per heavy atom. The zero-order valence-corrected chi connectivity index (χ0v) is 12.1. The Kier molecular flexibility index (Phi) is 4.04. The minimum absolute atomic E-state index is 0.499. The van der Waals surface area contributed by atoms with Crippen molar-refractivity contribution in [3.8, 4) is 5.69 Å². The summed E-state index contributed by atoms with van der Waals surface area (Å²) in [6.07, 6.45) is 1.56. The zero-order valence-electron chi connectivity index (χ0n) is 11.4. The summed E-state index contributed by atoms with van der Waals surface area (Å²) >= 11 is 5.98. The Balaban J connectivity index is 1.86. The van der Waals surface area contributed by atoms with Crippen molar-refractivity contribution in [1.82, 2.24) is 9.78 Å². The number of nitrogens with zero attached hydrogens (tertiary/aromatic N) is 2. The van der Waals surface area contributed by atoms with Crippen molar-refractivity contribution in [2.45, 2.75) is 12.5 Å². The first-order chi connectivity index (χ1) is 10.2. The predicted molar refractivity (Wildman–Crippen MR) is 83.7 cm³/mol. The third-order valence-corrected chi connectivity index (χ3v) is 3.57. The topological polar surface area (TPSA) is 38.1 Å². The van der Waals surface area contributed by atoms with E-state index >= 15 is 0 Å². The van der Waals surface area contributed by atoms with E-state index in [4.69, 9.17) is 11.6 Å². The second kappa shape index (κ2) is 6.12. The van der Waals surface area contributed by atoms with E-state index in [2.05, 4.69) is 5.10 Å². The molecule has 0 bridgehead atoms. The van der Waals surface area contributed by atoms with Crippen LogP contribution >= 0.6 is 11.6 Å². The number of benzene rings is 2. The number of halogens is 1. The van der Waals surface area contributed by atoms with Gasteiger partial charge in [-0.25, -0.2) is 4.68 Å². The monoisotopic (exact) mass is 298 g/mol. The van der Waals surface area contributed by atoms with Crippen LogP contribution in [0.4, 0.5) is 0 Å². The Hall–Kier alpha value is -2.10. The van der Waals surface area contributed by atoms with E-state index in [-0.39, 0.29) is 0 Å². The van der Waals surface area contributed by atoms with Crippen molar-refractivity contribution in [2.24, 2.45) is 0 Å². The van der Waals surface area contributed by atoms with Gasteiger partial charge in [0.25, 0.3) is 0 Å². The Bertz CT molecular complexity index is 724. The van der Waals surface area contributed by atoms with Gasteiger partial charge < -0.3 is 5.11 Å². The molecule has 2 aromatic carbocycles. The van der Waals surface area contributed by atoms with Crippen LogP contribution in [0.2, 0.25) is 5.02 Å². The van der Waals surface area contributed by atoms with Crippen molar-refractivity contribution < 1.29 is 5.11 Å². The van der Waals surface area contributed by atoms with E-state index in [1.54, 1.807) is 10.9 Å². The third-order valence-electron chi connectivity index (χ3n) is 3.33. The molecule has 106 valence electrons. The largest absolute Gasteiger partial charge is 0.386 e. The van der Waals surface area contributed by atoms with Crippen LogP contribution in [0.3, 0.4) is 0 Å². The van der Waals surface area contributed by atoms with E-state index in [1.807, 2.05) is 60.7 Å². The van der Waals surface area contributed by atoms with Crippen LogP contribution < -0.4 is 0 Å². The molecule has 4 heteroatoms. The van der Waals surface area contributed by atoms with Gasteiger partial charge in [0, 0.05) is 17.6 Å². The molecule has 21 heavy (non-hydrogen) atoms. The van der Waals surface area contributed by atoms with Gasteiger partial charge in [-0.3, -0.25) is 0 Å². The molecule has 3 rings (SSSR count). The highest BCUT2D eigenvalue weighted by molar-refractivity contribution is 6.30. The Morgan fingerprint density at radius 3 is 2.62 bits per heavy atom. The normalized spacial score (nSPS) is 12.3. The lowest BCUT2D eigenvalue weighted by atomic mass is 10.1. The molecular weight excluding hydrogens is 284 g/mol. The molecule has 0 saturated heterocycles. The number of aromatic nitrogens is 2. The van der Waals surface area contributed by atoms with Crippen LogP contribution in [0.25, 0.3) is 5.69 Å². The molecule has 1 unspecified atom stereocenters. The first kappa shape index (κ1) is 13.9. The fourth-order valence-electron chi connectivity index (χ4n) is 2.34. The van der Waals surface area contributed by atoms with Gasteiger partial charge in [0.2, 0.25) is 0 Å². The summed E-state index contributed by atoms with van der Waals surface area (Å²) in [4.78, 5) is 0. The van der Waals surface area contributed by atoms with E-state index in [1.165, 1.54) is 0 Å². The van der Waals surface area contributed by atoms with Crippen LogP contribution in [-0.4, -0.2) is 14.9 Å². The standard InChI is InChI=1S/C17H15ClN2O/c18-14-6-4-5-13(11-14)12-17(21)16-9-10-19-20(16)15-7-2-1-3-8-15/h1-11,17,21H,12H2. The molecule has 0 aliphatic rings. The molecule has 1 heterocycles. The minimum atomic E-state index is -0.633. The van der Waals surface area contributed by atoms with Gasteiger partial charge in [-0.05, 0) is 35.9 Å². The van der Waals surface area contributed by atoms with Crippen LogP contribution in [0.15, 0.2) is 66.9 Å². The summed E-state index contributed by atoms with van der Waals surface area (Å²) in [6.45, 7) is 0. The quantitative estimate of drug-likeness (QED) is 0.795. The van der Waals surface area contributed by atoms with Crippen molar-refractivity contribution in [2.75, 3.05) is 0 Å². The summed E-state index contributed by atoms with van der Waals surface area (Å²) in [5.74, 6) is 0. The van der Waals surface area contributed by atoms with Crippen molar-refractivity contribution >= 4 is 11.6 Å². The molecule has 1 N–H and O–H groups in total. The lowest BCUT2D eigenvalue weighted by Crippen LogP contribution is -2.09. The van der Waals surface area contributed by atoms with Gasteiger partial charge in [0.1, 0.15) is 6.10 Å². The molecule has 0 fully saturated rings. The number of hydrogen-bond donors (Lipinski definition) is 1. The van der Waals surface area contributed by atoms with Crippen molar-refractivity contribution in [3.05, 3.63) is 83.1 Å². The summed E-state index contributed by atoms with van der Waals surface area (Å²) in [5.41, 5.74) is 2.69. The van der Waals surface area contributed by atoms with Gasteiger partial charge in [0.05, 0.1) is 11.4 Å². The van der Waals surface area contributed by atoms with Crippen LogP contribution in [0, 0.1) is 0 Å². The average Bonchev–Trinajstić information content (AvgIpc) is 2.98. The van der Waals surface area contributed by atoms with Crippen LogP contribution in [0.1, 0.15) is 17.4 Å². The van der Waals surface area contributed by atoms with E-state index in [9.17, 15) is 5.11 Å². The van der Waals surface area contributed by atoms with Crippen molar-refractivity contribution in [3.63, 3.8) is 0 Å². The summed E-state index contributed by atoms with van der Waals surface area (Å²) in [7, 11) is 0. The van der Waals surface area contributed by atoms with Crippen LogP contribution in [-0.2, 0) is 6.42 Å². The lowest BCUT2D eigenvalue weighted by molar-refractivity contribution is 0.170. The Morgan fingerprint density at radius 2 is 1.86 bits per heavy atom. The molecule has 0 amide bonds. The maximum atomic E-state index is 10.5. The van der Waals surface area contributed by atoms with E-state index < -0.39 is 6.10 Å². The zero-order chi connectivity index (χ0) is 14.7. The van der Waals surface area contributed by atoms with Gasteiger partial charge in [0.15, 0.2) is 0 Å². The third kappa shape index (κ3) is 3.15. The fraction of sp³-hybridized carbons (Fsp3) is 0.118. The van der Waals surface area contributed by atoms with Gasteiger partial charge >= 0.3 is 0 Å². The molecule has 0 saturated carbocycles. The first-order valence-electron chi connectivity index (χ1n) is 6.76. The summed E-state index contributed by atoms with van der Waals surface area (Å²) in [5, 5.41) is 15.5. The molecule has 3 nitrogen and oxygen atoms in total. The highest BCUT2D eigenvalue weighted by Crippen LogP contribution is 2.22. The highest BCUT2D eigenvalue weighted by Gasteiger charge is 2.15. The summed E-state index contributed by atoms with van der Waals surface area (Å²) in [6, 6.07) is 19.1. The van der Waals surface area contributed by atoms with Crippen LogP contribution in [0.5, 0.6) is 0 Å². The number of rotatable bonds is 4. The maximum absolute atomic E-state index is 10.5. The lowest BCUT2D eigenvalue weighted by Gasteiger charge is -2.13. The van der Waals surface area contributed by atoms with Gasteiger partial charge in [-0.2, -0.15) is 5.10 Å². The molecule has 3 aromatic rings. The molecule has 0 radical (unpaired) electrons. The second-order valence-electron chi connectivity index (χ2n) is 4.85. The molecular formula is C17H15ClN2O. The van der Waals surface area contributed by atoms with E-state index in [0.717, 1.165) is 16.9 Å². The number of para-hydroxylation sites is 1. The Labute approximate surface area is 128 Å². The first-order valence-corrected chi connectivity index (χ1v) is 7.14.